The highest BCUT2D eigenvalue weighted by molar-refractivity contribution is 7.99. The first-order valence-electron chi connectivity index (χ1n) is 7.67. The van der Waals surface area contributed by atoms with E-state index in [0.717, 1.165) is 11.8 Å². The Kier molecular flexibility index (Phi) is 5.28. The van der Waals surface area contributed by atoms with Crippen molar-refractivity contribution in [1.29, 1.82) is 0 Å². The Labute approximate surface area is 152 Å². The number of aromatic nitrogens is 3. The molecular formula is C17H15N5O3S. The molecule has 0 fully saturated rings. The van der Waals surface area contributed by atoms with Crippen LogP contribution in [0, 0.1) is 0 Å². The molecule has 2 N–H and O–H groups in total. The third-order valence-electron chi connectivity index (χ3n) is 3.24. The third kappa shape index (κ3) is 4.45. The van der Waals surface area contributed by atoms with Gasteiger partial charge in [-0.25, -0.2) is 9.78 Å². The van der Waals surface area contributed by atoms with E-state index in [1.807, 2.05) is 0 Å². The second kappa shape index (κ2) is 7.79. The molecule has 0 atom stereocenters. The molecule has 0 radical (unpaired) electrons. The van der Waals surface area contributed by atoms with Gasteiger partial charge in [-0.05, 0) is 30.3 Å². The average molecular weight is 369 g/mol. The molecule has 2 heterocycles. The SMILES string of the molecule is CC(=O)Nc1cccc(NC(=O)CSc2nc(=O)n3ccccc3n2)c1. The fraction of sp³-hybridized carbons (Fsp3) is 0.118. The summed E-state index contributed by atoms with van der Waals surface area (Å²) in [5, 5.41) is 5.61. The highest BCUT2D eigenvalue weighted by Crippen LogP contribution is 2.17. The number of pyridine rings is 1. The van der Waals surface area contributed by atoms with Crippen LogP contribution in [0.2, 0.25) is 0 Å². The van der Waals surface area contributed by atoms with Crippen molar-refractivity contribution in [2.75, 3.05) is 16.4 Å². The molecule has 0 unspecified atom stereocenters. The summed E-state index contributed by atoms with van der Waals surface area (Å²) in [6.45, 7) is 1.41. The molecule has 0 aliphatic rings. The van der Waals surface area contributed by atoms with Gasteiger partial charge in [0.1, 0.15) is 5.65 Å². The first-order chi connectivity index (χ1) is 12.5. The molecule has 0 aliphatic carbocycles. The van der Waals surface area contributed by atoms with Crippen molar-refractivity contribution in [3.8, 4) is 0 Å². The number of hydrogen-bond donors (Lipinski definition) is 2. The lowest BCUT2D eigenvalue weighted by molar-refractivity contribution is -0.114. The van der Waals surface area contributed by atoms with Gasteiger partial charge in [0.25, 0.3) is 0 Å². The van der Waals surface area contributed by atoms with Crippen molar-refractivity contribution >= 4 is 40.6 Å². The van der Waals surface area contributed by atoms with Gasteiger partial charge in [0, 0.05) is 24.5 Å². The van der Waals surface area contributed by atoms with E-state index in [4.69, 9.17) is 0 Å². The minimum Gasteiger partial charge on any atom is -0.326 e. The summed E-state index contributed by atoms with van der Waals surface area (Å²) in [7, 11) is 0. The molecule has 0 bridgehead atoms. The number of amides is 2. The molecular weight excluding hydrogens is 354 g/mol. The van der Waals surface area contributed by atoms with E-state index in [1.54, 1.807) is 48.7 Å². The number of carbonyl (C=O) groups excluding carboxylic acids is 2. The van der Waals surface area contributed by atoms with Gasteiger partial charge >= 0.3 is 5.69 Å². The van der Waals surface area contributed by atoms with Crippen molar-refractivity contribution in [1.82, 2.24) is 14.4 Å². The Morgan fingerprint density at radius 1 is 1.08 bits per heavy atom. The van der Waals surface area contributed by atoms with Crippen LogP contribution in [-0.2, 0) is 9.59 Å². The molecule has 0 aliphatic heterocycles. The molecule has 0 saturated heterocycles. The smallest absolute Gasteiger partial charge is 0.326 e. The molecule has 0 spiro atoms. The lowest BCUT2D eigenvalue weighted by Gasteiger charge is -2.07. The maximum Gasteiger partial charge on any atom is 0.355 e. The number of hydrogen-bond acceptors (Lipinski definition) is 6. The van der Waals surface area contributed by atoms with Gasteiger partial charge in [-0.3, -0.25) is 14.0 Å². The van der Waals surface area contributed by atoms with Crippen LogP contribution in [0.5, 0.6) is 0 Å². The summed E-state index contributed by atoms with van der Waals surface area (Å²) in [5.41, 5.74) is 1.18. The van der Waals surface area contributed by atoms with Gasteiger partial charge in [-0.15, -0.1) is 0 Å². The predicted molar refractivity (Wildman–Crippen MR) is 99.4 cm³/mol. The predicted octanol–water partition coefficient (Wildman–Crippen LogP) is 1.78. The maximum absolute atomic E-state index is 12.1. The lowest BCUT2D eigenvalue weighted by Crippen LogP contribution is -2.20. The van der Waals surface area contributed by atoms with E-state index in [-0.39, 0.29) is 22.7 Å². The zero-order valence-electron chi connectivity index (χ0n) is 13.8. The highest BCUT2D eigenvalue weighted by atomic mass is 32.2. The lowest BCUT2D eigenvalue weighted by atomic mass is 10.2. The van der Waals surface area contributed by atoms with Gasteiger partial charge in [-0.2, -0.15) is 4.98 Å². The van der Waals surface area contributed by atoms with Crippen molar-refractivity contribution in [2.24, 2.45) is 0 Å². The fourth-order valence-corrected chi connectivity index (χ4v) is 2.85. The van der Waals surface area contributed by atoms with E-state index >= 15 is 0 Å². The van der Waals surface area contributed by atoms with Crippen molar-refractivity contribution in [3.63, 3.8) is 0 Å². The van der Waals surface area contributed by atoms with Crippen molar-refractivity contribution in [2.45, 2.75) is 12.1 Å². The molecule has 9 heteroatoms. The number of rotatable bonds is 5. The molecule has 0 saturated carbocycles. The first kappa shape index (κ1) is 17.6. The zero-order chi connectivity index (χ0) is 18.5. The van der Waals surface area contributed by atoms with Gasteiger partial charge in [0.15, 0.2) is 5.16 Å². The number of benzene rings is 1. The van der Waals surface area contributed by atoms with Crippen LogP contribution < -0.4 is 16.3 Å². The van der Waals surface area contributed by atoms with Gasteiger partial charge in [0.05, 0.1) is 5.75 Å². The molecule has 8 nitrogen and oxygen atoms in total. The largest absolute Gasteiger partial charge is 0.355 e. The molecule has 132 valence electrons. The summed E-state index contributed by atoms with van der Waals surface area (Å²) in [5.74, 6) is -0.414. The Morgan fingerprint density at radius 2 is 1.85 bits per heavy atom. The normalized spacial score (nSPS) is 10.5. The van der Waals surface area contributed by atoms with Crippen LogP contribution in [0.15, 0.2) is 58.6 Å². The Morgan fingerprint density at radius 3 is 2.62 bits per heavy atom. The summed E-state index contributed by atoms with van der Waals surface area (Å²) in [6.07, 6.45) is 1.58. The van der Waals surface area contributed by atoms with Crippen LogP contribution in [0.3, 0.4) is 0 Å². The molecule has 2 aromatic heterocycles. The Balaban J connectivity index is 1.64. The van der Waals surface area contributed by atoms with E-state index < -0.39 is 5.69 Å². The Bertz CT molecular complexity index is 1030. The first-order valence-corrected chi connectivity index (χ1v) is 8.65. The summed E-state index contributed by atoms with van der Waals surface area (Å²) < 4.78 is 1.33. The minimum absolute atomic E-state index is 0.0484. The fourth-order valence-electron chi connectivity index (χ4n) is 2.22. The maximum atomic E-state index is 12.1. The van der Waals surface area contributed by atoms with Gasteiger partial charge in [-0.1, -0.05) is 23.9 Å². The number of thioether (sulfide) groups is 1. The van der Waals surface area contributed by atoms with Crippen molar-refractivity contribution in [3.05, 3.63) is 59.1 Å². The van der Waals surface area contributed by atoms with Crippen LogP contribution in [0.4, 0.5) is 11.4 Å². The number of anilines is 2. The average Bonchev–Trinajstić information content (AvgIpc) is 2.60. The van der Waals surface area contributed by atoms with Crippen LogP contribution in [-0.4, -0.2) is 31.9 Å². The second-order valence-corrected chi connectivity index (χ2v) is 6.26. The molecule has 2 amide bonds. The third-order valence-corrected chi connectivity index (χ3v) is 4.09. The second-order valence-electron chi connectivity index (χ2n) is 5.32. The number of nitrogens with zero attached hydrogens (tertiary/aromatic N) is 3. The number of carbonyl (C=O) groups is 2. The molecule has 1 aromatic carbocycles. The van der Waals surface area contributed by atoms with Crippen molar-refractivity contribution < 1.29 is 9.59 Å². The van der Waals surface area contributed by atoms with Gasteiger partial charge in [0.2, 0.25) is 11.8 Å². The molecule has 3 aromatic rings. The van der Waals surface area contributed by atoms with E-state index in [9.17, 15) is 14.4 Å². The van der Waals surface area contributed by atoms with Crippen LogP contribution >= 0.6 is 11.8 Å². The zero-order valence-corrected chi connectivity index (χ0v) is 14.6. The van der Waals surface area contributed by atoms with Crippen LogP contribution in [0.25, 0.3) is 5.65 Å². The van der Waals surface area contributed by atoms with Gasteiger partial charge < -0.3 is 10.6 Å². The summed E-state index contributed by atoms with van der Waals surface area (Å²) >= 11 is 1.07. The standard InChI is InChI=1S/C17H15N5O3S/c1-11(23)18-12-5-4-6-13(9-12)19-15(24)10-26-16-20-14-7-2-3-8-22(14)17(25)21-16/h2-9H,10H2,1H3,(H,18,23)(H,19,24). The topological polar surface area (TPSA) is 105 Å². The minimum atomic E-state index is -0.443. The quantitative estimate of drug-likeness (QED) is 0.664. The highest BCUT2D eigenvalue weighted by Gasteiger charge is 2.08. The van der Waals surface area contributed by atoms with E-state index in [1.165, 1.54) is 11.3 Å². The van der Waals surface area contributed by atoms with E-state index in [0.29, 0.717) is 17.0 Å². The van der Waals surface area contributed by atoms with E-state index in [2.05, 4.69) is 20.6 Å². The Hall–Kier alpha value is -3.20. The number of fused-ring (bicyclic) bond motifs is 1. The monoisotopic (exact) mass is 369 g/mol. The summed E-state index contributed by atoms with van der Waals surface area (Å²) in [4.78, 5) is 43.2. The molecule has 3 rings (SSSR count). The number of nitrogens with one attached hydrogen (secondary N) is 2. The van der Waals surface area contributed by atoms with Crippen LogP contribution in [0.1, 0.15) is 6.92 Å². The summed E-state index contributed by atoms with van der Waals surface area (Å²) in [6, 6.07) is 12.0. The molecule has 26 heavy (non-hydrogen) atoms.